The average molecular weight is 334 g/mol. The Balaban J connectivity index is 1.65. The molecule has 4 nitrogen and oxygen atoms in total. The number of carbonyl (C=O) groups is 1. The number of amides is 1. The first kappa shape index (κ1) is 16.8. The van der Waals surface area contributed by atoms with Crippen molar-refractivity contribution in [2.45, 2.75) is 6.54 Å². The minimum atomic E-state index is 0.0267. The predicted octanol–water partition coefficient (Wildman–Crippen LogP) is 3.92. The summed E-state index contributed by atoms with van der Waals surface area (Å²) in [4.78, 5) is 14.2. The van der Waals surface area contributed by atoms with Crippen LogP contribution < -0.4 is 10.1 Å². The third-order valence-electron chi connectivity index (χ3n) is 4.25. The molecule has 0 unspecified atom stereocenters. The highest BCUT2D eigenvalue weighted by Crippen LogP contribution is 2.23. The summed E-state index contributed by atoms with van der Waals surface area (Å²) in [6, 6.07) is 21.9. The number of rotatable bonds is 6. The van der Waals surface area contributed by atoms with Crippen molar-refractivity contribution in [3.8, 4) is 5.75 Å². The van der Waals surface area contributed by atoms with Crippen LogP contribution in [0.25, 0.3) is 10.8 Å². The van der Waals surface area contributed by atoms with E-state index >= 15 is 0 Å². The van der Waals surface area contributed by atoms with Crippen LogP contribution in [-0.4, -0.2) is 31.5 Å². The van der Waals surface area contributed by atoms with Crippen LogP contribution >= 0.6 is 0 Å². The van der Waals surface area contributed by atoms with E-state index in [1.807, 2.05) is 48.5 Å². The monoisotopic (exact) mass is 334 g/mol. The van der Waals surface area contributed by atoms with Gasteiger partial charge in [-0.3, -0.25) is 4.79 Å². The fourth-order valence-corrected chi connectivity index (χ4v) is 2.86. The van der Waals surface area contributed by atoms with Gasteiger partial charge >= 0.3 is 0 Å². The highest BCUT2D eigenvalue weighted by atomic mass is 16.5. The van der Waals surface area contributed by atoms with Crippen molar-refractivity contribution < 1.29 is 9.53 Å². The maximum absolute atomic E-state index is 12.5. The van der Waals surface area contributed by atoms with Gasteiger partial charge in [-0.05, 0) is 17.5 Å². The molecule has 4 heteroatoms. The van der Waals surface area contributed by atoms with E-state index in [0.29, 0.717) is 6.54 Å². The van der Waals surface area contributed by atoms with Crippen molar-refractivity contribution in [3.63, 3.8) is 0 Å². The highest BCUT2D eigenvalue weighted by Gasteiger charge is 2.12. The van der Waals surface area contributed by atoms with Gasteiger partial charge in [0.25, 0.3) is 0 Å². The van der Waals surface area contributed by atoms with E-state index in [1.165, 1.54) is 0 Å². The Morgan fingerprint density at radius 3 is 2.56 bits per heavy atom. The zero-order valence-corrected chi connectivity index (χ0v) is 14.5. The number of para-hydroxylation sites is 1. The largest absolute Gasteiger partial charge is 0.496 e. The van der Waals surface area contributed by atoms with Crippen LogP contribution in [0, 0.1) is 0 Å². The maximum atomic E-state index is 12.5. The Bertz CT molecular complexity index is 871. The summed E-state index contributed by atoms with van der Waals surface area (Å²) in [6.45, 7) is 0.764. The van der Waals surface area contributed by atoms with Crippen molar-refractivity contribution in [1.82, 2.24) is 4.90 Å². The molecule has 3 aromatic carbocycles. The Morgan fingerprint density at radius 1 is 1.00 bits per heavy atom. The van der Waals surface area contributed by atoms with Crippen molar-refractivity contribution >= 4 is 22.4 Å². The van der Waals surface area contributed by atoms with Crippen LogP contribution in [0.15, 0.2) is 66.7 Å². The highest BCUT2D eigenvalue weighted by molar-refractivity contribution is 5.95. The lowest BCUT2D eigenvalue weighted by atomic mass is 10.1. The molecular formula is C21H22N2O2. The number of methoxy groups -OCH3 is 1. The summed E-state index contributed by atoms with van der Waals surface area (Å²) in [6.07, 6.45) is 0. The van der Waals surface area contributed by atoms with Gasteiger partial charge in [0.1, 0.15) is 5.75 Å². The average Bonchev–Trinajstić information content (AvgIpc) is 2.66. The second kappa shape index (κ2) is 7.71. The lowest BCUT2D eigenvalue weighted by molar-refractivity contribution is -0.128. The molecule has 0 atom stereocenters. The van der Waals surface area contributed by atoms with Gasteiger partial charge in [0, 0.05) is 30.2 Å². The van der Waals surface area contributed by atoms with E-state index in [0.717, 1.165) is 27.8 Å². The summed E-state index contributed by atoms with van der Waals surface area (Å²) in [7, 11) is 3.45. The van der Waals surface area contributed by atoms with Gasteiger partial charge in [0.05, 0.1) is 13.7 Å². The number of likely N-dealkylation sites (N-methyl/N-ethyl adjacent to an activating group) is 1. The first-order valence-corrected chi connectivity index (χ1v) is 8.26. The van der Waals surface area contributed by atoms with Crippen LogP contribution in [0.4, 0.5) is 5.69 Å². The van der Waals surface area contributed by atoms with Crippen LogP contribution in [0.1, 0.15) is 5.56 Å². The molecule has 25 heavy (non-hydrogen) atoms. The molecule has 3 rings (SSSR count). The molecule has 0 radical (unpaired) electrons. The van der Waals surface area contributed by atoms with Crippen LogP contribution in [0.5, 0.6) is 5.75 Å². The number of carbonyl (C=O) groups excluding carboxylic acids is 1. The van der Waals surface area contributed by atoms with E-state index in [9.17, 15) is 4.79 Å². The Hall–Kier alpha value is -3.01. The molecule has 0 aliphatic heterocycles. The first-order valence-electron chi connectivity index (χ1n) is 8.26. The number of ether oxygens (including phenoxy) is 1. The lowest BCUT2D eigenvalue weighted by Gasteiger charge is -2.19. The minimum absolute atomic E-state index is 0.0267. The van der Waals surface area contributed by atoms with Crippen LogP contribution in [0.2, 0.25) is 0 Å². The molecule has 0 aromatic heterocycles. The third kappa shape index (κ3) is 3.91. The van der Waals surface area contributed by atoms with Crippen molar-refractivity contribution in [1.29, 1.82) is 0 Å². The summed E-state index contributed by atoms with van der Waals surface area (Å²) in [5.74, 6) is 0.822. The van der Waals surface area contributed by atoms with E-state index in [-0.39, 0.29) is 12.5 Å². The molecule has 128 valence electrons. The van der Waals surface area contributed by atoms with Gasteiger partial charge in [0.2, 0.25) is 5.91 Å². The molecule has 0 spiro atoms. The SMILES string of the molecule is COc1ccccc1CN(C)C(=O)CNc1cccc2ccccc12. The second-order valence-corrected chi connectivity index (χ2v) is 5.94. The smallest absolute Gasteiger partial charge is 0.241 e. The quantitative estimate of drug-likeness (QED) is 0.743. The standard InChI is InChI=1S/C21H22N2O2/c1-23(15-17-9-4-6-13-20(17)25-2)21(24)14-22-19-12-7-10-16-8-3-5-11-18(16)19/h3-13,22H,14-15H2,1-2H3. The zero-order valence-electron chi connectivity index (χ0n) is 14.5. The minimum Gasteiger partial charge on any atom is -0.496 e. The third-order valence-corrected chi connectivity index (χ3v) is 4.25. The topological polar surface area (TPSA) is 41.6 Å². The number of fused-ring (bicyclic) bond motifs is 1. The summed E-state index contributed by atoms with van der Waals surface area (Å²) < 4.78 is 5.35. The van der Waals surface area contributed by atoms with Gasteiger partial charge in [-0.15, -0.1) is 0 Å². The number of hydrogen-bond donors (Lipinski definition) is 1. The molecule has 0 saturated heterocycles. The second-order valence-electron chi connectivity index (χ2n) is 5.94. The van der Waals surface area contributed by atoms with Crippen molar-refractivity contribution in [2.75, 3.05) is 26.0 Å². The van der Waals surface area contributed by atoms with Gasteiger partial charge in [-0.1, -0.05) is 54.6 Å². The first-order chi connectivity index (χ1) is 12.2. The summed E-state index contributed by atoms with van der Waals surface area (Å²) >= 11 is 0. The molecule has 1 amide bonds. The molecule has 0 bridgehead atoms. The fourth-order valence-electron chi connectivity index (χ4n) is 2.86. The number of hydrogen-bond acceptors (Lipinski definition) is 3. The molecule has 0 heterocycles. The van der Waals surface area contributed by atoms with Crippen molar-refractivity contribution in [3.05, 3.63) is 72.3 Å². The maximum Gasteiger partial charge on any atom is 0.241 e. The zero-order chi connectivity index (χ0) is 17.6. The van der Waals surface area contributed by atoms with Gasteiger partial charge in [-0.2, -0.15) is 0 Å². The van der Waals surface area contributed by atoms with Gasteiger partial charge in [-0.25, -0.2) is 0 Å². The summed E-state index contributed by atoms with van der Waals surface area (Å²) in [5.41, 5.74) is 1.96. The Labute approximate surface area is 148 Å². The number of nitrogens with one attached hydrogen (secondary N) is 1. The normalized spacial score (nSPS) is 10.5. The lowest BCUT2D eigenvalue weighted by Crippen LogP contribution is -2.31. The Kier molecular flexibility index (Phi) is 5.19. The van der Waals surface area contributed by atoms with Gasteiger partial charge in [0.15, 0.2) is 0 Å². The van der Waals surface area contributed by atoms with E-state index < -0.39 is 0 Å². The fraction of sp³-hybridized carbons (Fsp3) is 0.190. The summed E-state index contributed by atoms with van der Waals surface area (Å²) in [5, 5.41) is 5.53. The molecular weight excluding hydrogens is 312 g/mol. The van der Waals surface area contributed by atoms with E-state index in [2.05, 4.69) is 23.5 Å². The van der Waals surface area contributed by atoms with E-state index in [4.69, 9.17) is 4.74 Å². The number of nitrogens with zero attached hydrogens (tertiary/aromatic N) is 1. The van der Waals surface area contributed by atoms with Crippen LogP contribution in [0.3, 0.4) is 0 Å². The van der Waals surface area contributed by atoms with Crippen LogP contribution in [-0.2, 0) is 11.3 Å². The van der Waals surface area contributed by atoms with Gasteiger partial charge < -0.3 is 15.0 Å². The molecule has 0 saturated carbocycles. The van der Waals surface area contributed by atoms with Crippen molar-refractivity contribution in [2.24, 2.45) is 0 Å². The molecule has 0 aliphatic carbocycles. The molecule has 1 N–H and O–H groups in total. The molecule has 0 fully saturated rings. The Morgan fingerprint density at radius 2 is 1.72 bits per heavy atom. The predicted molar refractivity (Wildman–Crippen MR) is 102 cm³/mol. The van der Waals surface area contributed by atoms with E-state index in [1.54, 1.807) is 19.1 Å². The number of anilines is 1. The number of benzene rings is 3. The molecule has 0 aliphatic rings. The molecule has 3 aromatic rings.